The lowest BCUT2D eigenvalue weighted by molar-refractivity contribution is -0.112. The molecule has 18 heteroatoms. The first-order chi connectivity index (χ1) is 37.7. The topological polar surface area (TPSA) is 165 Å². The number of aromatic nitrogens is 4. The fourth-order valence-corrected chi connectivity index (χ4v) is 12.1. The summed E-state index contributed by atoms with van der Waals surface area (Å²) in [7, 11) is 4.42. The van der Waals surface area contributed by atoms with E-state index in [0.29, 0.717) is 67.2 Å². The van der Waals surface area contributed by atoms with Gasteiger partial charge in [-0.3, -0.25) is 29.1 Å². The van der Waals surface area contributed by atoms with E-state index in [-0.39, 0.29) is 89.6 Å². The predicted octanol–water partition coefficient (Wildman–Crippen LogP) is 14.5. The molecular formula is C60H52Cl4N6O8. The quantitative estimate of drug-likeness (QED) is 0.0890. The van der Waals surface area contributed by atoms with Gasteiger partial charge in [0.1, 0.15) is 29.6 Å². The smallest absolute Gasteiger partial charge is 0.259 e. The van der Waals surface area contributed by atoms with Crippen LogP contribution in [0.1, 0.15) is 69.0 Å². The lowest BCUT2D eigenvalue weighted by atomic mass is 10.0. The molecule has 14 nitrogen and oxygen atoms in total. The fourth-order valence-electron chi connectivity index (χ4n) is 10.7. The second-order valence-electron chi connectivity index (χ2n) is 19.1. The van der Waals surface area contributed by atoms with Crippen LogP contribution in [0.15, 0.2) is 126 Å². The van der Waals surface area contributed by atoms with Crippen LogP contribution in [0.3, 0.4) is 0 Å². The van der Waals surface area contributed by atoms with E-state index in [9.17, 15) is 14.4 Å². The molecule has 4 aromatic carbocycles. The molecule has 4 aromatic heterocycles. The van der Waals surface area contributed by atoms with Crippen LogP contribution >= 0.6 is 46.4 Å². The number of ether oxygens (including phenoxy) is 4. The summed E-state index contributed by atoms with van der Waals surface area (Å²) in [4.78, 5) is 64.7. The molecule has 2 N–H and O–H groups in total. The van der Waals surface area contributed by atoms with Gasteiger partial charge in [-0.05, 0) is 91.9 Å². The minimum atomic E-state index is -0.443. The van der Waals surface area contributed by atoms with E-state index in [1.807, 2.05) is 41.0 Å². The van der Waals surface area contributed by atoms with Gasteiger partial charge in [0.25, 0.3) is 11.1 Å². The van der Waals surface area contributed by atoms with Gasteiger partial charge in [-0.2, -0.15) is 0 Å². The normalized spacial score (nSPS) is 13.7. The van der Waals surface area contributed by atoms with Crippen molar-refractivity contribution in [2.45, 2.75) is 70.1 Å². The number of nitrogens with zero attached hydrogens (tertiary/aromatic N) is 4. The van der Waals surface area contributed by atoms with Crippen molar-refractivity contribution in [3.05, 3.63) is 163 Å². The number of rotatable bonds is 16. The Balaban J connectivity index is 1.04. The highest BCUT2D eigenvalue weighted by Crippen LogP contribution is 2.48. The fraction of sp³-hybridized carbons (Fsp3) is 0.233. The summed E-state index contributed by atoms with van der Waals surface area (Å²) in [6, 6.07) is 22.8. The molecule has 0 aliphatic heterocycles. The summed E-state index contributed by atoms with van der Waals surface area (Å²) in [5, 5.41) is 7.57. The third-order valence-electron chi connectivity index (χ3n) is 14.5. The molecule has 0 unspecified atom stereocenters. The Kier molecular flexibility index (Phi) is 15.7. The van der Waals surface area contributed by atoms with E-state index in [1.54, 1.807) is 59.4 Å². The number of benzene rings is 4. The molecule has 2 amide bonds. The molecule has 0 atom stereocenters. The van der Waals surface area contributed by atoms with Crippen molar-refractivity contribution in [1.29, 1.82) is 0 Å². The molecule has 10 rings (SSSR count). The SMILES string of the molecule is C=CC(=O)Nc1cccc(-c2cc3c(cn2)cc(-c2c(Cl)c(OC)cc(OCc4ccc(NC(=O)C=C)c(-c5cc6c(cn5)cc(-c5c(Cl)c(OC)cc(OC)c5Cl)c(=O)n6C5CCCC5)c4)c2Cl)c(=O)n3C2CCCC2)c1. The molecule has 8 aromatic rings. The molecule has 2 aliphatic carbocycles. The Labute approximate surface area is 469 Å². The van der Waals surface area contributed by atoms with Crippen molar-refractivity contribution >= 4 is 91.4 Å². The number of halogens is 4. The van der Waals surface area contributed by atoms with Crippen LogP contribution in [0.4, 0.5) is 11.4 Å². The summed E-state index contributed by atoms with van der Waals surface area (Å²) in [5.41, 5.74) is 5.73. The number of anilines is 2. The highest BCUT2D eigenvalue weighted by molar-refractivity contribution is 6.42. The third kappa shape index (κ3) is 10.2. The molecule has 398 valence electrons. The summed E-state index contributed by atoms with van der Waals surface area (Å²) >= 11 is 28.2. The number of carbonyl (C=O) groups is 2. The molecule has 0 radical (unpaired) electrons. The number of amides is 2. The number of fused-ring (bicyclic) bond motifs is 2. The van der Waals surface area contributed by atoms with E-state index < -0.39 is 5.91 Å². The maximum Gasteiger partial charge on any atom is 0.259 e. The Morgan fingerprint density at radius 2 is 1.09 bits per heavy atom. The van der Waals surface area contributed by atoms with Crippen LogP contribution in [0.25, 0.3) is 66.6 Å². The molecule has 2 aliphatic rings. The van der Waals surface area contributed by atoms with Crippen LogP contribution in [-0.2, 0) is 16.2 Å². The van der Waals surface area contributed by atoms with Crippen molar-refractivity contribution in [3.8, 4) is 67.8 Å². The van der Waals surface area contributed by atoms with Crippen LogP contribution in [0, 0.1) is 0 Å². The zero-order valence-electron chi connectivity index (χ0n) is 42.8. The van der Waals surface area contributed by atoms with Crippen molar-refractivity contribution in [1.82, 2.24) is 19.1 Å². The molecule has 0 bridgehead atoms. The second kappa shape index (κ2) is 22.8. The lowest BCUT2D eigenvalue weighted by Crippen LogP contribution is -2.25. The number of methoxy groups -OCH3 is 3. The van der Waals surface area contributed by atoms with Crippen molar-refractivity contribution in [2.24, 2.45) is 0 Å². The van der Waals surface area contributed by atoms with E-state index in [1.165, 1.54) is 33.5 Å². The molecule has 4 heterocycles. The third-order valence-corrected chi connectivity index (χ3v) is 16.0. The highest BCUT2D eigenvalue weighted by atomic mass is 35.5. The van der Waals surface area contributed by atoms with Crippen molar-refractivity contribution in [2.75, 3.05) is 32.0 Å². The second-order valence-corrected chi connectivity index (χ2v) is 20.6. The first kappa shape index (κ1) is 53.8. The first-order valence-electron chi connectivity index (χ1n) is 25.3. The van der Waals surface area contributed by atoms with Gasteiger partial charge in [-0.25, -0.2) is 0 Å². The molecule has 0 saturated heterocycles. The molecule has 0 spiro atoms. The standard InChI is InChI=1S/C60H52Cl4N6O8/c1-6-51(71)67-36-14-12-13-33(22-36)43-25-45-34(29-65-43)23-41(60(74)69(45)37-15-8-9-16-37)54-57(63)49(77-5)28-50(58(54)64)78-31-32-19-20-42(68-52(72)7-2)39(21-32)44-26-46-35(30-66-44)24-40(59(73)70(46)38-17-10-11-18-38)53-55(61)47(75-3)27-48(76-4)56(53)62/h6-7,12-14,19-30,37-38H,1-2,8-11,15-18,31H2,3-5H3,(H,67,71)(H,68,72). The zero-order chi connectivity index (χ0) is 54.9. The van der Waals surface area contributed by atoms with Gasteiger partial charge in [0.2, 0.25) is 11.8 Å². The summed E-state index contributed by atoms with van der Waals surface area (Å²) in [6.45, 7) is 7.15. The minimum absolute atomic E-state index is 0.0446. The monoisotopic (exact) mass is 1120 g/mol. The van der Waals surface area contributed by atoms with Gasteiger partial charge < -0.3 is 38.7 Å². The minimum Gasteiger partial charge on any atom is -0.495 e. The molecule has 2 saturated carbocycles. The van der Waals surface area contributed by atoms with Gasteiger partial charge >= 0.3 is 0 Å². The van der Waals surface area contributed by atoms with Crippen molar-refractivity contribution < 1.29 is 28.5 Å². The van der Waals surface area contributed by atoms with E-state index in [2.05, 4.69) is 23.8 Å². The number of nitrogens with one attached hydrogen (secondary N) is 2. The zero-order valence-corrected chi connectivity index (χ0v) is 45.8. The number of carbonyl (C=O) groups excluding carboxylic acids is 2. The van der Waals surface area contributed by atoms with Crippen LogP contribution < -0.4 is 40.7 Å². The lowest BCUT2D eigenvalue weighted by Gasteiger charge is -2.21. The number of hydrogen-bond donors (Lipinski definition) is 2. The number of hydrogen-bond acceptors (Lipinski definition) is 10. The highest BCUT2D eigenvalue weighted by Gasteiger charge is 2.29. The average Bonchev–Trinajstić information content (AvgIpc) is 4.33. The summed E-state index contributed by atoms with van der Waals surface area (Å²) in [6.07, 6.45) is 12.7. The maximum absolute atomic E-state index is 15.1. The van der Waals surface area contributed by atoms with Gasteiger partial charge in [0.05, 0.1) is 80.7 Å². The molecular weight excluding hydrogens is 1070 g/mol. The first-order valence-corrected chi connectivity index (χ1v) is 26.8. The van der Waals surface area contributed by atoms with Gasteiger partial charge in [0.15, 0.2) is 0 Å². The van der Waals surface area contributed by atoms with Crippen LogP contribution in [0.2, 0.25) is 20.1 Å². The van der Waals surface area contributed by atoms with E-state index in [4.69, 9.17) is 75.3 Å². The van der Waals surface area contributed by atoms with Gasteiger partial charge in [-0.1, -0.05) is 103 Å². The number of pyridine rings is 4. The predicted molar refractivity (Wildman–Crippen MR) is 310 cm³/mol. The summed E-state index contributed by atoms with van der Waals surface area (Å²) < 4.78 is 27.0. The molecule has 78 heavy (non-hydrogen) atoms. The van der Waals surface area contributed by atoms with E-state index in [0.717, 1.165) is 56.9 Å². The maximum atomic E-state index is 15.1. The average molecular weight is 1130 g/mol. The van der Waals surface area contributed by atoms with Crippen molar-refractivity contribution in [3.63, 3.8) is 0 Å². The van der Waals surface area contributed by atoms with E-state index >= 15 is 4.79 Å². The van der Waals surface area contributed by atoms with Crippen LogP contribution in [0.5, 0.6) is 23.0 Å². The Morgan fingerprint density at radius 3 is 1.62 bits per heavy atom. The van der Waals surface area contributed by atoms with Gasteiger partial charge in [-0.15, -0.1) is 0 Å². The summed E-state index contributed by atoms with van der Waals surface area (Å²) in [5.74, 6) is 0.227. The van der Waals surface area contributed by atoms with Gasteiger partial charge in [0, 0.05) is 75.3 Å². The Hall–Kier alpha value is -7.62. The Bertz CT molecular complexity index is 3860. The van der Waals surface area contributed by atoms with Crippen LogP contribution in [-0.4, -0.2) is 52.2 Å². The Morgan fingerprint density at radius 1 is 0.603 bits per heavy atom. The largest absolute Gasteiger partial charge is 0.495 e. The molecule has 2 fully saturated rings.